The number of carbonyl (C=O) groups is 1. The fourth-order valence-electron chi connectivity index (χ4n) is 3.75. The van der Waals surface area contributed by atoms with Crippen LogP contribution in [0, 0.1) is 19.8 Å². The standard InChI is InChI=1S/C24H26N4OS/c1-17-6-3-9-20(14-17)27-23(29)19-8-5-13-28(16-19)22-24(26-12-11-25-22)30-21-10-4-7-18(2)15-21/h3-4,6-7,9-12,14-15,19H,5,8,13,16H2,1-2H3,(H,27,29). The number of hydrogen-bond donors (Lipinski definition) is 1. The summed E-state index contributed by atoms with van der Waals surface area (Å²) in [5, 5.41) is 3.96. The molecule has 1 aliphatic heterocycles. The molecule has 154 valence electrons. The summed E-state index contributed by atoms with van der Waals surface area (Å²) in [6.07, 6.45) is 5.30. The average molecular weight is 419 g/mol. The predicted molar refractivity (Wildman–Crippen MR) is 122 cm³/mol. The first-order valence-electron chi connectivity index (χ1n) is 10.3. The van der Waals surface area contributed by atoms with E-state index in [2.05, 4.69) is 51.4 Å². The molecule has 1 aromatic heterocycles. The summed E-state index contributed by atoms with van der Waals surface area (Å²) in [6.45, 7) is 5.65. The zero-order valence-corrected chi connectivity index (χ0v) is 18.2. The van der Waals surface area contributed by atoms with Crippen molar-refractivity contribution in [1.29, 1.82) is 0 Å². The number of anilines is 2. The first-order chi connectivity index (χ1) is 14.6. The lowest BCUT2D eigenvalue weighted by Gasteiger charge is -2.33. The van der Waals surface area contributed by atoms with Gasteiger partial charge in [-0.25, -0.2) is 9.97 Å². The Balaban J connectivity index is 1.49. The van der Waals surface area contributed by atoms with Crippen molar-refractivity contribution >= 4 is 29.2 Å². The number of hydrogen-bond acceptors (Lipinski definition) is 5. The van der Waals surface area contributed by atoms with Crippen molar-refractivity contribution in [2.75, 3.05) is 23.3 Å². The summed E-state index contributed by atoms with van der Waals surface area (Å²) in [5.74, 6) is 0.859. The van der Waals surface area contributed by atoms with Gasteiger partial charge in [-0.3, -0.25) is 4.79 Å². The summed E-state index contributed by atoms with van der Waals surface area (Å²) in [6, 6.07) is 16.3. The molecule has 1 atom stereocenters. The lowest BCUT2D eigenvalue weighted by Crippen LogP contribution is -2.41. The molecule has 1 saturated heterocycles. The van der Waals surface area contributed by atoms with Gasteiger partial charge in [-0.15, -0.1) is 0 Å². The molecule has 0 radical (unpaired) electrons. The second-order valence-electron chi connectivity index (χ2n) is 7.75. The van der Waals surface area contributed by atoms with Crippen molar-refractivity contribution in [1.82, 2.24) is 9.97 Å². The highest BCUT2D eigenvalue weighted by Gasteiger charge is 2.28. The van der Waals surface area contributed by atoms with Gasteiger partial charge in [0.05, 0.1) is 5.92 Å². The van der Waals surface area contributed by atoms with Crippen LogP contribution in [-0.2, 0) is 4.79 Å². The smallest absolute Gasteiger partial charge is 0.229 e. The van der Waals surface area contributed by atoms with Crippen LogP contribution in [0.5, 0.6) is 0 Å². The summed E-state index contributed by atoms with van der Waals surface area (Å²) in [4.78, 5) is 25.4. The summed E-state index contributed by atoms with van der Waals surface area (Å²) < 4.78 is 0. The van der Waals surface area contributed by atoms with E-state index in [4.69, 9.17) is 0 Å². The van der Waals surface area contributed by atoms with Gasteiger partial charge in [0, 0.05) is 36.1 Å². The predicted octanol–water partition coefficient (Wildman–Crippen LogP) is 5.10. The maximum Gasteiger partial charge on any atom is 0.229 e. The van der Waals surface area contributed by atoms with E-state index in [-0.39, 0.29) is 11.8 Å². The Bertz CT molecular complexity index is 1040. The van der Waals surface area contributed by atoms with Crippen LogP contribution in [0.3, 0.4) is 0 Å². The summed E-state index contributed by atoms with van der Waals surface area (Å²) in [5.41, 5.74) is 3.21. The van der Waals surface area contributed by atoms with Crippen molar-refractivity contribution in [2.24, 2.45) is 5.92 Å². The van der Waals surface area contributed by atoms with Crippen LogP contribution in [0.1, 0.15) is 24.0 Å². The molecule has 0 aliphatic carbocycles. The van der Waals surface area contributed by atoms with Crippen LogP contribution in [0.25, 0.3) is 0 Å². The molecule has 1 amide bonds. The van der Waals surface area contributed by atoms with Gasteiger partial charge in [0.15, 0.2) is 5.82 Å². The van der Waals surface area contributed by atoms with Crippen LogP contribution in [0.2, 0.25) is 0 Å². The van der Waals surface area contributed by atoms with E-state index >= 15 is 0 Å². The molecule has 0 saturated carbocycles. The molecule has 1 N–H and O–H groups in total. The minimum atomic E-state index is -0.0712. The van der Waals surface area contributed by atoms with Crippen molar-refractivity contribution in [3.63, 3.8) is 0 Å². The Labute approximate surface area is 181 Å². The van der Waals surface area contributed by atoms with Crippen LogP contribution >= 0.6 is 11.8 Å². The SMILES string of the molecule is Cc1cccc(NC(=O)C2CCCN(c3nccnc3Sc3cccc(C)c3)C2)c1. The number of piperidine rings is 1. The zero-order valence-electron chi connectivity index (χ0n) is 17.3. The number of aromatic nitrogens is 2. The molecular formula is C24H26N4OS. The summed E-state index contributed by atoms with van der Waals surface area (Å²) >= 11 is 1.62. The number of nitrogens with one attached hydrogen (secondary N) is 1. The first kappa shape index (κ1) is 20.4. The number of rotatable bonds is 5. The molecule has 3 aromatic rings. The first-order valence-corrected chi connectivity index (χ1v) is 11.1. The van der Waals surface area contributed by atoms with E-state index in [9.17, 15) is 4.79 Å². The van der Waals surface area contributed by atoms with E-state index in [1.54, 1.807) is 24.2 Å². The number of carbonyl (C=O) groups excluding carboxylic acids is 1. The number of nitrogens with zero attached hydrogens (tertiary/aromatic N) is 3. The molecule has 1 unspecified atom stereocenters. The molecule has 4 rings (SSSR count). The van der Waals surface area contributed by atoms with E-state index in [0.717, 1.165) is 46.4 Å². The van der Waals surface area contributed by atoms with Crippen molar-refractivity contribution in [3.05, 3.63) is 72.1 Å². The Morgan fingerprint density at radius 1 is 1.07 bits per heavy atom. The average Bonchev–Trinajstić information content (AvgIpc) is 2.74. The van der Waals surface area contributed by atoms with Gasteiger partial charge < -0.3 is 10.2 Å². The topological polar surface area (TPSA) is 58.1 Å². The minimum Gasteiger partial charge on any atom is -0.354 e. The van der Waals surface area contributed by atoms with Gasteiger partial charge in [0.2, 0.25) is 5.91 Å². The van der Waals surface area contributed by atoms with E-state index in [1.807, 2.05) is 31.2 Å². The number of amides is 1. The largest absolute Gasteiger partial charge is 0.354 e. The highest BCUT2D eigenvalue weighted by Crippen LogP contribution is 2.34. The van der Waals surface area contributed by atoms with Crippen molar-refractivity contribution < 1.29 is 4.79 Å². The normalized spacial score (nSPS) is 16.3. The highest BCUT2D eigenvalue weighted by molar-refractivity contribution is 7.99. The maximum absolute atomic E-state index is 12.9. The van der Waals surface area contributed by atoms with E-state index < -0.39 is 0 Å². The molecular weight excluding hydrogens is 392 g/mol. The molecule has 1 fully saturated rings. The minimum absolute atomic E-state index is 0.0712. The van der Waals surface area contributed by atoms with Crippen LogP contribution in [0.4, 0.5) is 11.5 Å². The molecule has 1 aliphatic rings. The molecule has 2 heterocycles. The van der Waals surface area contributed by atoms with E-state index in [1.165, 1.54) is 5.56 Å². The lowest BCUT2D eigenvalue weighted by molar-refractivity contribution is -0.120. The van der Waals surface area contributed by atoms with Crippen LogP contribution < -0.4 is 10.2 Å². The van der Waals surface area contributed by atoms with Gasteiger partial charge >= 0.3 is 0 Å². The van der Waals surface area contributed by atoms with Crippen LogP contribution in [0.15, 0.2) is 70.8 Å². The van der Waals surface area contributed by atoms with Gasteiger partial charge in [-0.05, 0) is 56.5 Å². The molecule has 30 heavy (non-hydrogen) atoms. The Hall–Kier alpha value is -2.86. The fraction of sp³-hybridized carbons (Fsp3) is 0.292. The van der Waals surface area contributed by atoms with Gasteiger partial charge in [-0.2, -0.15) is 0 Å². The second kappa shape index (κ2) is 9.30. The third kappa shape index (κ3) is 5.00. The van der Waals surface area contributed by atoms with Gasteiger partial charge in [-0.1, -0.05) is 41.6 Å². The lowest BCUT2D eigenvalue weighted by atomic mass is 9.97. The zero-order chi connectivity index (χ0) is 20.9. The van der Waals surface area contributed by atoms with Crippen molar-refractivity contribution in [2.45, 2.75) is 36.6 Å². The molecule has 5 nitrogen and oxygen atoms in total. The fourth-order valence-corrected chi connectivity index (χ4v) is 4.75. The quantitative estimate of drug-likeness (QED) is 0.625. The third-order valence-corrected chi connectivity index (χ3v) is 6.20. The maximum atomic E-state index is 12.9. The van der Waals surface area contributed by atoms with Gasteiger partial charge in [0.25, 0.3) is 0 Å². The van der Waals surface area contributed by atoms with Gasteiger partial charge in [0.1, 0.15) is 5.03 Å². The Kier molecular flexibility index (Phi) is 6.33. The van der Waals surface area contributed by atoms with Crippen molar-refractivity contribution in [3.8, 4) is 0 Å². The second-order valence-corrected chi connectivity index (χ2v) is 8.81. The highest BCUT2D eigenvalue weighted by atomic mass is 32.2. The van der Waals surface area contributed by atoms with E-state index in [0.29, 0.717) is 6.54 Å². The number of aryl methyl sites for hydroxylation is 2. The Morgan fingerprint density at radius 3 is 2.63 bits per heavy atom. The Morgan fingerprint density at radius 2 is 1.83 bits per heavy atom. The molecule has 2 aromatic carbocycles. The molecule has 0 bridgehead atoms. The monoisotopic (exact) mass is 418 g/mol. The molecule has 6 heteroatoms. The summed E-state index contributed by atoms with van der Waals surface area (Å²) in [7, 11) is 0. The third-order valence-electron chi connectivity index (χ3n) is 5.23. The number of benzene rings is 2. The molecule has 0 spiro atoms. The van der Waals surface area contributed by atoms with Crippen LogP contribution in [-0.4, -0.2) is 29.0 Å².